The highest BCUT2D eigenvalue weighted by Crippen LogP contribution is 2.27. The number of amides is 1. The van der Waals surface area contributed by atoms with Crippen LogP contribution in [0.25, 0.3) is 6.08 Å². The molecule has 0 spiro atoms. The minimum Gasteiger partial charge on any atom is -0.342 e. The molecule has 1 aromatic heterocycles. The molecule has 1 fully saturated rings. The molecule has 1 aliphatic rings. The molecule has 1 amide bonds. The standard InChI is InChI=1S/C14H18N4O/c1-2-10-15-14(19)9-8-12-11-18(17-16-12)13-6-4-3-5-7-13/h1,8-9,11,13H,3-7,10H2,(H,15,19)/b9-8-. The molecule has 0 aromatic carbocycles. The number of nitrogens with zero attached hydrogens (tertiary/aromatic N) is 3. The Morgan fingerprint density at radius 2 is 2.32 bits per heavy atom. The van der Waals surface area contributed by atoms with Crippen molar-refractivity contribution < 1.29 is 4.79 Å². The van der Waals surface area contributed by atoms with Crippen LogP contribution in [0.15, 0.2) is 12.3 Å². The number of terminal acetylenes is 1. The number of aromatic nitrogens is 3. The van der Waals surface area contributed by atoms with Crippen LogP contribution in [0, 0.1) is 12.3 Å². The monoisotopic (exact) mass is 258 g/mol. The third-order valence-electron chi connectivity index (χ3n) is 3.25. The van der Waals surface area contributed by atoms with E-state index in [0.717, 1.165) is 12.8 Å². The third-order valence-corrected chi connectivity index (χ3v) is 3.25. The van der Waals surface area contributed by atoms with Gasteiger partial charge in [0, 0.05) is 6.08 Å². The van der Waals surface area contributed by atoms with Gasteiger partial charge in [-0.15, -0.1) is 11.5 Å². The van der Waals surface area contributed by atoms with Crippen molar-refractivity contribution >= 4 is 12.0 Å². The van der Waals surface area contributed by atoms with E-state index in [2.05, 4.69) is 21.5 Å². The first kappa shape index (κ1) is 13.3. The number of carbonyl (C=O) groups is 1. The van der Waals surface area contributed by atoms with Crippen molar-refractivity contribution in [3.8, 4) is 12.3 Å². The molecule has 0 saturated heterocycles. The van der Waals surface area contributed by atoms with Crippen molar-refractivity contribution in [1.82, 2.24) is 20.3 Å². The molecule has 0 atom stereocenters. The third kappa shape index (κ3) is 3.95. The van der Waals surface area contributed by atoms with Crippen molar-refractivity contribution in [1.29, 1.82) is 0 Å². The lowest BCUT2D eigenvalue weighted by molar-refractivity contribution is -0.116. The maximum absolute atomic E-state index is 11.3. The molecule has 100 valence electrons. The number of carbonyl (C=O) groups excluding carboxylic acids is 1. The molecule has 1 N–H and O–H groups in total. The van der Waals surface area contributed by atoms with E-state index in [4.69, 9.17) is 6.42 Å². The SMILES string of the molecule is C#CCNC(=O)/C=C\c1cn(C2CCCCC2)nn1. The zero-order chi connectivity index (χ0) is 13.5. The second-order valence-electron chi connectivity index (χ2n) is 4.67. The summed E-state index contributed by atoms with van der Waals surface area (Å²) in [5.41, 5.74) is 0.696. The molecule has 0 bridgehead atoms. The van der Waals surface area contributed by atoms with E-state index in [9.17, 15) is 4.79 Å². The van der Waals surface area contributed by atoms with E-state index < -0.39 is 0 Å². The summed E-state index contributed by atoms with van der Waals surface area (Å²) in [6.07, 6.45) is 16.2. The molecule has 19 heavy (non-hydrogen) atoms. The molecule has 0 radical (unpaired) electrons. The van der Waals surface area contributed by atoms with Crippen molar-refractivity contribution in [2.24, 2.45) is 0 Å². The molecule has 5 heteroatoms. The highest BCUT2D eigenvalue weighted by Gasteiger charge is 2.16. The van der Waals surface area contributed by atoms with Gasteiger partial charge < -0.3 is 5.32 Å². The molecule has 1 saturated carbocycles. The maximum Gasteiger partial charge on any atom is 0.244 e. The Morgan fingerprint density at radius 3 is 3.05 bits per heavy atom. The smallest absolute Gasteiger partial charge is 0.244 e. The summed E-state index contributed by atoms with van der Waals surface area (Å²) >= 11 is 0. The van der Waals surface area contributed by atoms with Crippen LogP contribution in [0.5, 0.6) is 0 Å². The summed E-state index contributed by atoms with van der Waals surface area (Å²) in [6.45, 7) is 0.234. The zero-order valence-corrected chi connectivity index (χ0v) is 10.9. The van der Waals surface area contributed by atoms with Crippen LogP contribution < -0.4 is 5.32 Å². The van der Waals surface area contributed by atoms with E-state index in [-0.39, 0.29) is 12.5 Å². The van der Waals surface area contributed by atoms with Gasteiger partial charge in [0.15, 0.2) is 0 Å². The summed E-state index contributed by atoms with van der Waals surface area (Å²) in [6, 6.07) is 0.457. The lowest BCUT2D eigenvalue weighted by Crippen LogP contribution is -2.20. The molecule has 0 unspecified atom stereocenters. The minimum atomic E-state index is -0.217. The van der Waals surface area contributed by atoms with Crippen LogP contribution in [0.2, 0.25) is 0 Å². The van der Waals surface area contributed by atoms with Gasteiger partial charge >= 0.3 is 0 Å². The van der Waals surface area contributed by atoms with Gasteiger partial charge in [-0.25, -0.2) is 4.68 Å². The zero-order valence-electron chi connectivity index (χ0n) is 10.9. The summed E-state index contributed by atoms with van der Waals surface area (Å²) in [4.78, 5) is 11.3. The molecule has 5 nitrogen and oxygen atoms in total. The van der Waals surface area contributed by atoms with Gasteiger partial charge in [0.2, 0.25) is 5.91 Å². The van der Waals surface area contributed by atoms with Crippen LogP contribution in [0.1, 0.15) is 43.8 Å². The highest BCUT2D eigenvalue weighted by atomic mass is 16.1. The highest BCUT2D eigenvalue weighted by molar-refractivity contribution is 5.91. The Morgan fingerprint density at radius 1 is 1.53 bits per heavy atom. The quantitative estimate of drug-likeness (QED) is 0.658. The predicted octanol–water partition coefficient (Wildman–Crippen LogP) is 1.55. The van der Waals surface area contributed by atoms with E-state index >= 15 is 0 Å². The molecular weight excluding hydrogens is 240 g/mol. The summed E-state index contributed by atoms with van der Waals surface area (Å²) < 4.78 is 1.91. The first-order chi connectivity index (χ1) is 9.29. The predicted molar refractivity (Wildman–Crippen MR) is 73.0 cm³/mol. The first-order valence-corrected chi connectivity index (χ1v) is 6.61. The van der Waals surface area contributed by atoms with Crippen LogP contribution in [-0.2, 0) is 4.79 Å². The van der Waals surface area contributed by atoms with Gasteiger partial charge in [-0.3, -0.25) is 4.79 Å². The number of nitrogens with one attached hydrogen (secondary N) is 1. The Labute approximate surface area is 113 Å². The Kier molecular flexibility index (Phi) is 4.73. The van der Waals surface area contributed by atoms with Crippen LogP contribution in [0.4, 0.5) is 0 Å². The number of hydrogen-bond acceptors (Lipinski definition) is 3. The van der Waals surface area contributed by atoms with Gasteiger partial charge in [-0.1, -0.05) is 30.4 Å². The topological polar surface area (TPSA) is 59.8 Å². The average molecular weight is 258 g/mol. The lowest BCUT2D eigenvalue weighted by Gasteiger charge is -2.20. The molecular formula is C14H18N4O. The normalized spacial score (nSPS) is 16.4. The van der Waals surface area contributed by atoms with Gasteiger partial charge in [-0.2, -0.15) is 0 Å². The van der Waals surface area contributed by atoms with Gasteiger partial charge in [-0.05, 0) is 18.9 Å². The fourth-order valence-electron chi connectivity index (χ4n) is 2.25. The summed E-state index contributed by atoms with van der Waals surface area (Å²) in [7, 11) is 0. The fraction of sp³-hybridized carbons (Fsp3) is 0.500. The molecule has 0 aliphatic heterocycles. The fourth-order valence-corrected chi connectivity index (χ4v) is 2.25. The second kappa shape index (κ2) is 6.74. The van der Waals surface area contributed by atoms with Crippen molar-refractivity contribution in [3.63, 3.8) is 0 Å². The molecule has 1 aliphatic carbocycles. The van der Waals surface area contributed by atoms with E-state index in [1.54, 1.807) is 6.08 Å². The maximum atomic E-state index is 11.3. The molecule has 1 heterocycles. The Bertz CT molecular complexity index is 492. The van der Waals surface area contributed by atoms with Crippen molar-refractivity contribution in [2.45, 2.75) is 38.1 Å². The Hall–Kier alpha value is -2.09. The number of rotatable bonds is 4. The minimum absolute atomic E-state index is 0.217. The van der Waals surface area contributed by atoms with Gasteiger partial charge in [0.1, 0.15) is 5.69 Å². The van der Waals surface area contributed by atoms with Crippen molar-refractivity contribution in [2.75, 3.05) is 6.54 Å². The second-order valence-corrected chi connectivity index (χ2v) is 4.67. The van der Waals surface area contributed by atoms with E-state index in [0.29, 0.717) is 11.7 Å². The number of hydrogen-bond donors (Lipinski definition) is 1. The van der Waals surface area contributed by atoms with Crippen molar-refractivity contribution in [3.05, 3.63) is 18.0 Å². The molecule has 2 rings (SSSR count). The summed E-state index contributed by atoms with van der Waals surface area (Å²) in [5, 5.41) is 10.7. The Balaban J connectivity index is 1.91. The van der Waals surface area contributed by atoms with Crippen LogP contribution in [0.3, 0.4) is 0 Å². The van der Waals surface area contributed by atoms with Gasteiger partial charge in [0.25, 0.3) is 0 Å². The largest absolute Gasteiger partial charge is 0.342 e. The summed E-state index contributed by atoms with van der Waals surface area (Å²) in [5.74, 6) is 2.13. The molecule has 1 aromatic rings. The van der Waals surface area contributed by atoms with E-state index in [1.165, 1.54) is 25.3 Å². The average Bonchev–Trinajstić information content (AvgIpc) is 2.93. The van der Waals surface area contributed by atoms with Crippen LogP contribution >= 0.6 is 0 Å². The van der Waals surface area contributed by atoms with Gasteiger partial charge in [0.05, 0.1) is 18.8 Å². The van der Waals surface area contributed by atoms with E-state index in [1.807, 2.05) is 10.9 Å². The van der Waals surface area contributed by atoms with Crippen LogP contribution in [-0.4, -0.2) is 27.4 Å². The first-order valence-electron chi connectivity index (χ1n) is 6.61. The lowest BCUT2D eigenvalue weighted by atomic mass is 9.96.